The van der Waals surface area contributed by atoms with Crippen LogP contribution in [-0.2, 0) is 11.2 Å². The van der Waals surface area contributed by atoms with Crippen molar-refractivity contribution >= 4 is 24.0 Å². The van der Waals surface area contributed by atoms with E-state index < -0.39 is 0 Å². The summed E-state index contributed by atoms with van der Waals surface area (Å²) in [5.74, 6) is 0.383. The Morgan fingerprint density at radius 3 is 2.43 bits per heavy atom. The zero-order chi connectivity index (χ0) is 15.9. The van der Waals surface area contributed by atoms with E-state index in [1.54, 1.807) is 0 Å². The standard InChI is InChI=1S/C19H24N2O.ClH/c1-14-7-9-16(10-8-14)15(2)13-21-19(22)12-11-17-5-3-4-6-18(17)20;/h3-10,15H,11-13,20H2,1-2H3,(H,21,22);1H. The molecule has 0 aliphatic rings. The molecule has 2 aromatic rings. The lowest BCUT2D eigenvalue weighted by Gasteiger charge is -2.13. The molecule has 0 aromatic heterocycles. The van der Waals surface area contributed by atoms with Gasteiger partial charge in [0.25, 0.3) is 0 Å². The number of para-hydroxylation sites is 1. The van der Waals surface area contributed by atoms with Crippen LogP contribution in [0, 0.1) is 6.92 Å². The summed E-state index contributed by atoms with van der Waals surface area (Å²) in [7, 11) is 0. The average Bonchev–Trinajstić information content (AvgIpc) is 2.52. The molecule has 1 amide bonds. The molecule has 3 nitrogen and oxygen atoms in total. The van der Waals surface area contributed by atoms with Gasteiger partial charge in [-0.2, -0.15) is 0 Å². The van der Waals surface area contributed by atoms with E-state index >= 15 is 0 Å². The molecular weight excluding hydrogens is 308 g/mol. The van der Waals surface area contributed by atoms with Crippen LogP contribution in [0.5, 0.6) is 0 Å². The van der Waals surface area contributed by atoms with E-state index in [0.29, 0.717) is 25.3 Å². The van der Waals surface area contributed by atoms with Crippen LogP contribution in [0.4, 0.5) is 5.69 Å². The van der Waals surface area contributed by atoms with Crippen molar-refractivity contribution in [2.45, 2.75) is 32.6 Å². The van der Waals surface area contributed by atoms with Crippen molar-refractivity contribution in [2.24, 2.45) is 0 Å². The third kappa shape index (κ3) is 5.95. The van der Waals surface area contributed by atoms with Gasteiger partial charge in [-0.15, -0.1) is 12.4 Å². The van der Waals surface area contributed by atoms with Crippen LogP contribution in [0.15, 0.2) is 48.5 Å². The van der Waals surface area contributed by atoms with E-state index in [9.17, 15) is 4.79 Å². The minimum absolute atomic E-state index is 0. The highest BCUT2D eigenvalue weighted by molar-refractivity contribution is 5.85. The molecule has 0 radical (unpaired) electrons. The maximum absolute atomic E-state index is 12.0. The van der Waals surface area contributed by atoms with Gasteiger partial charge < -0.3 is 11.1 Å². The Kier molecular flexibility index (Phi) is 7.63. The second kappa shape index (κ2) is 9.21. The quantitative estimate of drug-likeness (QED) is 0.789. The van der Waals surface area contributed by atoms with Crippen molar-refractivity contribution in [1.82, 2.24) is 5.32 Å². The predicted molar refractivity (Wildman–Crippen MR) is 99.0 cm³/mol. The van der Waals surface area contributed by atoms with Gasteiger partial charge in [-0.3, -0.25) is 4.79 Å². The zero-order valence-corrected chi connectivity index (χ0v) is 14.5. The van der Waals surface area contributed by atoms with E-state index in [1.807, 2.05) is 24.3 Å². The summed E-state index contributed by atoms with van der Waals surface area (Å²) in [6.07, 6.45) is 1.15. The molecule has 3 N–H and O–H groups in total. The Labute approximate surface area is 144 Å². The number of halogens is 1. The van der Waals surface area contributed by atoms with Crippen LogP contribution in [-0.4, -0.2) is 12.5 Å². The molecule has 124 valence electrons. The molecule has 2 rings (SSSR count). The first-order valence-electron chi connectivity index (χ1n) is 7.73. The fourth-order valence-corrected chi connectivity index (χ4v) is 2.38. The summed E-state index contributed by atoms with van der Waals surface area (Å²) in [4.78, 5) is 12.0. The predicted octanol–water partition coefficient (Wildman–Crippen LogP) is 3.85. The van der Waals surface area contributed by atoms with Crippen molar-refractivity contribution in [1.29, 1.82) is 0 Å². The largest absolute Gasteiger partial charge is 0.399 e. The molecule has 0 heterocycles. The molecule has 0 aliphatic carbocycles. The average molecular weight is 333 g/mol. The highest BCUT2D eigenvalue weighted by Crippen LogP contribution is 2.15. The number of nitrogens with one attached hydrogen (secondary N) is 1. The number of nitrogens with two attached hydrogens (primary N) is 1. The van der Waals surface area contributed by atoms with Crippen LogP contribution >= 0.6 is 12.4 Å². The first-order valence-corrected chi connectivity index (χ1v) is 7.73. The number of amides is 1. The lowest BCUT2D eigenvalue weighted by atomic mass is 10.00. The van der Waals surface area contributed by atoms with Gasteiger partial charge in [-0.1, -0.05) is 55.0 Å². The topological polar surface area (TPSA) is 55.1 Å². The minimum atomic E-state index is 0. The molecule has 0 bridgehead atoms. The fraction of sp³-hybridized carbons (Fsp3) is 0.316. The number of hydrogen-bond acceptors (Lipinski definition) is 2. The number of benzene rings is 2. The number of rotatable bonds is 6. The first kappa shape index (κ1) is 19.0. The maximum atomic E-state index is 12.0. The Morgan fingerprint density at radius 2 is 1.78 bits per heavy atom. The SMILES string of the molecule is Cc1ccc(C(C)CNC(=O)CCc2ccccc2N)cc1.Cl. The zero-order valence-electron chi connectivity index (χ0n) is 13.7. The van der Waals surface area contributed by atoms with E-state index in [4.69, 9.17) is 5.73 Å². The van der Waals surface area contributed by atoms with Gasteiger partial charge in [0.2, 0.25) is 5.91 Å². The minimum Gasteiger partial charge on any atom is -0.399 e. The highest BCUT2D eigenvalue weighted by Gasteiger charge is 2.08. The Hall–Kier alpha value is -2.00. The number of carbonyl (C=O) groups excluding carboxylic acids is 1. The van der Waals surface area contributed by atoms with E-state index in [1.165, 1.54) is 11.1 Å². The molecule has 0 aliphatic heterocycles. The van der Waals surface area contributed by atoms with Gasteiger partial charge in [-0.05, 0) is 36.5 Å². The third-order valence-electron chi connectivity index (χ3n) is 3.93. The third-order valence-corrected chi connectivity index (χ3v) is 3.93. The summed E-state index contributed by atoms with van der Waals surface area (Å²) in [6, 6.07) is 16.1. The van der Waals surface area contributed by atoms with E-state index in [0.717, 1.165) is 11.3 Å². The normalized spacial score (nSPS) is 11.4. The van der Waals surface area contributed by atoms with Gasteiger partial charge >= 0.3 is 0 Å². The molecule has 1 atom stereocenters. The maximum Gasteiger partial charge on any atom is 0.220 e. The Morgan fingerprint density at radius 1 is 1.13 bits per heavy atom. The van der Waals surface area contributed by atoms with Gasteiger partial charge in [-0.25, -0.2) is 0 Å². The van der Waals surface area contributed by atoms with Crippen LogP contribution in [0.25, 0.3) is 0 Å². The molecule has 0 fully saturated rings. The number of hydrogen-bond donors (Lipinski definition) is 2. The number of anilines is 1. The van der Waals surface area contributed by atoms with Crippen molar-refractivity contribution in [3.05, 3.63) is 65.2 Å². The van der Waals surface area contributed by atoms with Crippen LogP contribution < -0.4 is 11.1 Å². The summed E-state index contributed by atoms with van der Waals surface area (Å²) in [5.41, 5.74) is 10.2. The van der Waals surface area contributed by atoms with E-state index in [2.05, 4.69) is 43.4 Å². The highest BCUT2D eigenvalue weighted by atomic mass is 35.5. The Bertz CT molecular complexity index is 626. The lowest BCUT2D eigenvalue weighted by Crippen LogP contribution is -2.27. The monoisotopic (exact) mass is 332 g/mol. The van der Waals surface area contributed by atoms with Crippen LogP contribution in [0.3, 0.4) is 0 Å². The molecule has 4 heteroatoms. The molecule has 0 saturated carbocycles. The van der Waals surface area contributed by atoms with Crippen molar-refractivity contribution in [3.63, 3.8) is 0 Å². The van der Waals surface area contributed by atoms with Crippen molar-refractivity contribution in [3.8, 4) is 0 Å². The molecule has 0 spiro atoms. The van der Waals surface area contributed by atoms with Crippen molar-refractivity contribution in [2.75, 3.05) is 12.3 Å². The molecule has 2 aromatic carbocycles. The summed E-state index contributed by atoms with van der Waals surface area (Å²) in [5, 5.41) is 3.01. The molecule has 23 heavy (non-hydrogen) atoms. The Balaban J connectivity index is 0.00000264. The van der Waals surface area contributed by atoms with Gasteiger partial charge in [0.05, 0.1) is 0 Å². The second-order valence-corrected chi connectivity index (χ2v) is 5.81. The van der Waals surface area contributed by atoms with Crippen LogP contribution in [0.1, 0.15) is 36.0 Å². The molecule has 0 saturated heterocycles. The second-order valence-electron chi connectivity index (χ2n) is 5.81. The number of nitrogen functional groups attached to an aromatic ring is 1. The first-order chi connectivity index (χ1) is 10.6. The van der Waals surface area contributed by atoms with Crippen LogP contribution in [0.2, 0.25) is 0 Å². The summed E-state index contributed by atoms with van der Waals surface area (Å²) >= 11 is 0. The van der Waals surface area contributed by atoms with E-state index in [-0.39, 0.29) is 18.3 Å². The number of carbonyl (C=O) groups is 1. The molecule has 1 unspecified atom stereocenters. The smallest absolute Gasteiger partial charge is 0.220 e. The molecular formula is C19H25ClN2O. The van der Waals surface area contributed by atoms with Crippen molar-refractivity contribution < 1.29 is 4.79 Å². The summed E-state index contributed by atoms with van der Waals surface area (Å²) < 4.78 is 0. The van der Waals surface area contributed by atoms with Gasteiger partial charge in [0.1, 0.15) is 0 Å². The van der Waals surface area contributed by atoms with Gasteiger partial charge in [0.15, 0.2) is 0 Å². The van der Waals surface area contributed by atoms with Gasteiger partial charge in [0, 0.05) is 18.7 Å². The summed E-state index contributed by atoms with van der Waals surface area (Å²) in [6.45, 7) is 4.86. The lowest BCUT2D eigenvalue weighted by molar-refractivity contribution is -0.121. The number of aryl methyl sites for hydroxylation is 2. The fourth-order valence-electron chi connectivity index (χ4n) is 2.38.